The number of methoxy groups -OCH3 is 2. The van der Waals surface area contributed by atoms with E-state index in [0.29, 0.717) is 26.2 Å². The first kappa shape index (κ1) is 12.9. The van der Waals surface area contributed by atoms with Crippen molar-refractivity contribution in [1.29, 1.82) is 5.41 Å². The van der Waals surface area contributed by atoms with Gasteiger partial charge in [-0.15, -0.1) is 0 Å². The number of nitrogens with one attached hydrogen (secondary N) is 2. The first-order valence-electron chi connectivity index (χ1n) is 5.21. The first-order chi connectivity index (χ1) is 7.56. The van der Waals surface area contributed by atoms with Crippen LogP contribution in [0.15, 0.2) is 0 Å². The normalized spacial score (nSPS) is 25.1. The van der Waals surface area contributed by atoms with Gasteiger partial charge in [-0.1, -0.05) is 0 Å². The van der Waals surface area contributed by atoms with E-state index in [0.717, 1.165) is 0 Å². The molecule has 1 atom stereocenters. The molecule has 92 valence electrons. The fourth-order valence-electron chi connectivity index (χ4n) is 1.76. The number of ether oxygens (including phenoxy) is 2. The molecule has 0 aromatic carbocycles. The number of rotatable bonds is 6. The number of carbonyl (C=O) groups excluding carboxylic acids is 1. The smallest absolute Gasteiger partial charge is 0.323 e. The molecular formula is C10H19N3O3. The van der Waals surface area contributed by atoms with Crippen LogP contribution in [0.3, 0.4) is 0 Å². The summed E-state index contributed by atoms with van der Waals surface area (Å²) in [5, 5.41) is 10.3. The Hall–Kier alpha value is -1.14. The van der Waals surface area contributed by atoms with Gasteiger partial charge in [0.15, 0.2) is 0 Å². The highest BCUT2D eigenvalue weighted by Gasteiger charge is 2.45. The molecule has 1 heterocycles. The fourth-order valence-corrected chi connectivity index (χ4v) is 1.76. The van der Waals surface area contributed by atoms with Crippen molar-refractivity contribution in [2.75, 3.05) is 34.0 Å². The minimum absolute atomic E-state index is 0.227. The van der Waals surface area contributed by atoms with Crippen LogP contribution >= 0.6 is 0 Å². The fraction of sp³-hybridized carbons (Fsp3) is 0.800. The van der Waals surface area contributed by atoms with Gasteiger partial charge in [0.1, 0.15) is 11.4 Å². The Morgan fingerprint density at radius 2 is 2.00 bits per heavy atom. The summed E-state index contributed by atoms with van der Waals surface area (Å²) in [7, 11) is 3.20. The van der Waals surface area contributed by atoms with Gasteiger partial charge in [0.05, 0.1) is 6.61 Å². The maximum absolute atomic E-state index is 11.6. The zero-order chi connectivity index (χ0) is 12.2. The van der Waals surface area contributed by atoms with E-state index in [-0.39, 0.29) is 11.9 Å². The standard InChI is InChI=1S/C10H19N3O3/c1-10(4-6-15-2)8(11)12-9(14)13(10)5-7-16-3/h4-7H2,1-3H3,(H2,11,12,14). The van der Waals surface area contributed by atoms with Crippen LogP contribution in [0, 0.1) is 5.41 Å². The third-order valence-corrected chi connectivity index (χ3v) is 2.92. The highest BCUT2D eigenvalue weighted by molar-refractivity contribution is 6.08. The van der Waals surface area contributed by atoms with E-state index in [2.05, 4.69) is 5.32 Å². The molecule has 1 aliphatic heterocycles. The highest BCUT2D eigenvalue weighted by atomic mass is 16.5. The highest BCUT2D eigenvalue weighted by Crippen LogP contribution is 2.25. The molecule has 1 rings (SSSR count). The van der Waals surface area contributed by atoms with Crippen LogP contribution in [0.4, 0.5) is 4.79 Å². The summed E-state index contributed by atoms with van der Waals surface area (Å²) in [6.07, 6.45) is 0.602. The zero-order valence-electron chi connectivity index (χ0n) is 10.0. The maximum Gasteiger partial charge on any atom is 0.323 e. The molecule has 0 aromatic rings. The molecule has 1 fully saturated rings. The largest absolute Gasteiger partial charge is 0.385 e. The van der Waals surface area contributed by atoms with Gasteiger partial charge in [0, 0.05) is 33.8 Å². The van der Waals surface area contributed by atoms with Crippen LogP contribution in [-0.4, -0.2) is 56.3 Å². The molecule has 0 radical (unpaired) electrons. The van der Waals surface area contributed by atoms with E-state index >= 15 is 0 Å². The summed E-state index contributed by atoms with van der Waals surface area (Å²) < 4.78 is 9.97. The van der Waals surface area contributed by atoms with Crippen LogP contribution in [-0.2, 0) is 9.47 Å². The molecule has 0 aliphatic carbocycles. The molecule has 2 amide bonds. The van der Waals surface area contributed by atoms with Gasteiger partial charge in [0.25, 0.3) is 0 Å². The van der Waals surface area contributed by atoms with Crippen molar-refractivity contribution in [3.63, 3.8) is 0 Å². The Kier molecular flexibility index (Phi) is 4.26. The lowest BCUT2D eigenvalue weighted by Gasteiger charge is -2.32. The number of carbonyl (C=O) groups is 1. The maximum atomic E-state index is 11.6. The van der Waals surface area contributed by atoms with Gasteiger partial charge in [-0.3, -0.25) is 10.7 Å². The van der Waals surface area contributed by atoms with E-state index in [1.165, 1.54) is 0 Å². The van der Waals surface area contributed by atoms with E-state index in [9.17, 15) is 4.79 Å². The number of nitrogens with zero attached hydrogens (tertiary/aromatic N) is 1. The van der Waals surface area contributed by atoms with Crippen molar-refractivity contribution in [2.24, 2.45) is 0 Å². The van der Waals surface area contributed by atoms with E-state index < -0.39 is 5.54 Å². The molecule has 6 heteroatoms. The van der Waals surface area contributed by atoms with E-state index in [4.69, 9.17) is 14.9 Å². The topological polar surface area (TPSA) is 74.7 Å². The SMILES string of the molecule is COCCN1C(=O)NC(=N)C1(C)CCOC. The second-order valence-corrected chi connectivity index (χ2v) is 3.97. The average molecular weight is 229 g/mol. The van der Waals surface area contributed by atoms with E-state index in [1.807, 2.05) is 6.92 Å². The van der Waals surface area contributed by atoms with E-state index in [1.54, 1.807) is 19.1 Å². The average Bonchev–Trinajstić information content (AvgIpc) is 2.46. The molecule has 1 saturated heterocycles. The monoisotopic (exact) mass is 229 g/mol. The van der Waals surface area contributed by atoms with Crippen molar-refractivity contribution < 1.29 is 14.3 Å². The van der Waals surface area contributed by atoms with Crippen molar-refractivity contribution in [1.82, 2.24) is 10.2 Å². The number of urea groups is 1. The Morgan fingerprint density at radius 3 is 2.56 bits per heavy atom. The second kappa shape index (κ2) is 5.27. The molecular weight excluding hydrogens is 210 g/mol. The Morgan fingerprint density at radius 1 is 1.38 bits per heavy atom. The number of amidine groups is 1. The van der Waals surface area contributed by atoms with Gasteiger partial charge in [-0.05, 0) is 6.92 Å². The quantitative estimate of drug-likeness (QED) is 0.693. The minimum atomic E-state index is -0.606. The van der Waals surface area contributed by atoms with Crippen molar-refractivity contribution in [3.8, 4) is 0 Å². The van der Waals surface area contributed by atoms with Gasteiger partial charge in [-0.2, -0.15) is 0 Å². The summed E-state index contributed by atoms with van der Waals surface area (Å²) in [5.74, 6) is 0.227. The molecule has 1 aliphatic rings. The third-order valence-electron chi connectivity index (χ3n) is 2.92. The summed E-state index contributed by atoms with van der Waals surface area (Å²) in [6.45, 7) is 3.31. The molecule has 0 aromatic heterocycles. The molecule has 16 heavy (non-hydrogen) atoms. The van der Waals surface area contributed by atoms with Gasteiger partial charge in [0.2, 0.25) is 0 Å². The second-order valence-electron chi connectivity index (χ2n) is 3.97. The zero-order valence-corrected chi connectivity index (χ0v) is 10.0. The van der Waals surface area contributed by atoms with Crippen LogP contribution in [0.25, 0.3) is 0 Å². The molecule has 2 N–H and O–H groups in total. The molecule has 1 unspecified atom stereocenters. The summed E-state index contributed by atoms with van der Waals surface area (Å²) in [5.41, 5.74) is -0.606. The number of hydrogen-bond acceptors (Lipinski definition) is 4. The summed E-state index contributed by atoms with van der Waals surface area (Å²) in [4.78, 5) is 13.3. The predicted octanol–water partition coefficient (Wildman–Crippen LogP) is 0.430. The number of amides is 2. The minimum Gasteiger partial charge on any atom is -0.385 e. The molecule has 0 saturated carbocycles. The van der Waals surface area contributed by atoms with Crippen LogP contribution in [0.2, 0.25) is 0 Å². The molecule has 0 spiro atoms. The Labute approximate surface area is 95.4 Å². The lowest BCUT2D eigenvalue weighted by molar-refractivity contribution is 0.106. The van der Waals surface area contributed by atoms with Gasteiger partial charge in [-0.25, -0.2) is 4.79 Å². The van der Waals surface area contributed by atoms with Crippen molar-refractivity contribution >= 4 is 11.9 Å². The Bertz CT molecular complexity index is 282. The summed E-state index contributed by atoms with van der Waals surface area (Å²) in [6, 6.07) is -0.236. The van der Waals surface area contributed by atoms with Gasteiger partial charge < -0.3 is 14.4 Å². The number of hydrogen-bond donors (Lipinski definition) is 2. The van der Waals surface area contributed by atoms with Crippen LogP contribution in [0.5, 0.6) is 0 Å². The van der Waals surface area contributed by atoms with Crippen molar-refractivity contribution in [2.45, 2.75) is 18.9 Å². The van der Waals surface area contributed by atoms with Crippen molar-refractivity contribution in [3.05, 3.63) is 0 Å². The lowest BCUT2D eigenvalue weighted by atomic mass is 9.96. The van der Waals surface area contributed by atoms with Crippen LogP contribution < -0.4 is 5.32 Å². The molecule has 0 bridgehead atoms. The van der Waals surface area contributed by atoms with Gasteiger partial charge >= 0.3 is 6.03 Å². The Balaban J connectivity index is 2.75. The third kappa shape index (κ3) is 2.33. The first-order valence-corrected chi connectivity index (χ1v) is 5.21. The lowest BCUT2D eigenvalue weighted by Crippen LogP contribution is -2.48. The predicted molar refractivity (Wildman–Crippen MR) is 59.7 cm³/mol. The summed E-state index contributed by atoms with van der Waals surface area (Å²) >= 11 is 0. The van der Waals surface area contributed by atoms with Crippen LogP contribution in [0.1, 0.15) is 13.3 Å². The molecule has 6 nitrogen and oxygen atoms in total.